The van der Waals surface area contributed by atoms with Gasteiger partial charge in [0.2, 0.25) is 17.7 Å². The number of alkyl halides is 3. The Morgan fingerprint density at radius 2 is 1.84 bits per heavy atom. The highest BCUT2D eigenvalue weighted by molar-refractivity contribution is 7.99. The van der Waals surface area contributed by atoms with Gasteiger partial charge in [-0.1, -0.05) is 12.1 Å². The molecule has 3 saturated heterocycles. The molecule has 11 heteroatoms. The number of halogens is 3. The van der Waals surface area contributed by atoms with Gasteiger partial charge in [-0.3, -0.25) is 14.4 Å². The Balaban J connectivity index is 1.37. The molecule has 0 aliphatic carbocycles. The monoisotopic (exact) mass is 543 g/mol. The number of nitrogens with two attached hydrogens (primary N) is 1. The number of nitriles is 1. The minimum Gasteiger partial charge on any atom is -0.369 e. The van der Waals surface area contributed by atoms with E-state index in [1.54, 1.807) is 18.7 Å². The van der Waals surface area contributed by atoms with Crippen molar-refractivity contribution in [3.8, 4) is 6.07 Å². The average molecular weight is 544 g/mol. The van der Waals surface area contributed by atoms with Crippen molar-refractivity contribution in [1.82, 2.24) is 0 Å². The number of anilines is 1. The van der Waals surface area contributed by atoms with E-state index in [-0.39, 0.29) is 12.1 Å². The zero-order chi connectivity index (χ0) is 27.5. The Labute approximate surface area is 221 Å². The van der Waals surface area contributed by atoms with E-state index >= 15 is 0 Å². The van der Waals surface area contributed by atoms with Gasteiger partial charge in [0.25, 0.3) is 0 Å². The summed E-state index contributed by atoms with van der Waals surface area (Å²) >= 11 is 1.55. The Kier molecular flexibility index (Phi) is 6.31. The van der Waals surface area contributed by atoms with Crippen LogP contribution in [0, 0.1) is 23.2 Å². The second-order valence-electron chi connectivity index (χ2n) is 10.2. The van der Waals surface area contributed by atoms with Gasteiger partial charge in [0, 0.05) is 10.6 Å². The minimum absolute atomic E-state index is 0.153. The molecule has 4 unspecified atom stereocenters. The van der Waals surface area contributed by atoms with Crippen molar-refractivity contribution in [2.75, 3.05) is 10.7 Å². The normalized spacial score (nSPS) is 28.0. The van der Waals surface area contributed by atoms with Crippen molar-refractivity contribution in [1.29, 1.82) is 5.26 Å². The van der Waals surface area contributed by atoms with E-state index in [9.17, 15) is 27.6 Å². The van der Waals surface area contributed by atoms with Crippen LogP contribution in [0.5, 0.6) is 0 Å². The summed E-state index contributed by atoms with van der Waals surface area (Å²) in [5, 5.41) is 9.10. The Morgan fingerprint density at radius 1 is 1.16 bits per heavy atom. The molecule has 3 aliphatic heterocycles. The van der Waals surface area contributed by atoms with Gasteiger partial charge >= 0.3 is 6.18 Å². The van der Waals surface area contributed by atoms with E-state index in [0.717, 1.165) is 21.4 Å². The number of carbonyl (C=O) groups excluding carboxylic acids is 3. The van der Waals surface area contributed by atoms with E-state index < -0.39 is 58.1 Å². The van der Waals surface area contributed by atoms with Crippen LogP contribution in [0.2, 0.25) is 0 Å². The van der Waals surface area contributed by atoms with Crippen LogP contribution in [0.25, 0.3) is 0 Å². The highest BCUT2D eigenvalue weighted by Gasteiger charge is 2.73. The number of hydrogen-bond acceptors (Lipinski definition) is 6. The van der Waals surface area contributed by atoms with Crippen molar-refractivity contribution in [2.45, 2.75) is 54.9 Å². The molecule has 3 fully saturated rings. The van der Waals surface area contributed by atoms with Gasteiger partial charge in [-0.05, 0) is 62.1 Å². The van der Waals surface area contributed by atoms with Crippen molar-refractivity contribution >= 4 is 35.2 Å². The SMILES string of the molecule is CC12CCC(CCSc3ccc(CC(N)=O)cc3)(O1)C1C(=O)N(c3ccc(C#N)c(C(F)(F)F)c3)C(=O)C12. The molecule has 3 amide bonds. The lowest BCUT2D eigenvalue weighted by Crippen LogP contribution is -2.42. The highest BCUT2D eigenvalue weighted by atomic mass is 32.2. The van der Waals surface area contributed by atoms with E-state index in [1.807, 2.05) is 24.3 Å². The van der Waals surface area contributed by atoms with Crippen LogP contribution in [-0.2, 0) is 31.7 Å². The van der Waals surface area contributed by atoms with Crippen LogP contribution < -0.4 is 10.6 Å². The number of imide groups is 1. The first-order valence-electron chi connectivity index (χ1n) is 12.1. The first-order chi connectivity index (χ1) is 17.9. The van der Waals surface area contributed by atoms with E-state index in [4.69, 9.17) is 15.7 Å². The molecule has 0 spiro atoms. The number of thioether (sulfide) groups is 1. The summed E-state index contributed by atoms with van der Waals surface area (Å²) in [4.78, 5) is 40.0. The predicted molar refractivity (Wildman–Crippen MR) is 132 cm³/mol. The van der Waals surface area contributed by atoms with Crippen LogP contribution in [0.15, 0.2) is 47.4 Å². The Hall–Kier alpha value is -3.36. The number of primary amides is 1. The summed E-state index contributed by atoms with van der Waals surface area (Å²) in [7, 11) is 0. The van der Waals surface area contributed by atoms with Crippen LogP contribution in [0.4, 0.5) is 18.9 Å². The summed E-state index contributed by atoms with van der Waals surface area (Å²) in [6.07, 6.45) is -3.05. The fourth-order valence-corrected chi connectivity index (χ4v) is 7.13. The molecule has 2 N–H and O–H groups in total. The molecule has 2 aromatic carbocycles. The molecular weight excluding hydrogens is 519 g/mol. The van der Waals surface area contributed by atoms with Gasteiger partial charge in [0.05, 0.1) is 52.3 Å². The van der Waals surface area contributed by atoms with Gasteiger partial charge in [-0.25, -0.2) is 4.90 Å². The van der Waals surface area contributed by atoms with Crippen LogP contribution in [0.3, 0.4) is 0 Å². The van der Waals surface area contributed by atoms with Gasteiger partial charge in [0.1, 0.15) is 0 Å². The van der Waals surface area contributed by atoms with E-state index in [2.05, 4.69) is 0 Å². The van der Waals surface area contributed by atoms with Gasteiger partial charge in [-0.15, -0.1) is 11.8 Å². The van der Waals surface area contributed by atoms with Crippen molar-refractivity contribution in [3.63, 3.8) is 0 Å². The Morgan fingerprint density at radius 3 is 2.47 bits per heavy atom. The molecule has 5 rings (SSSR count). The maximum absolute atomic E-state index is 13.6. The van der Waals surface area contributed by atoms with Crippen molar-refractivity contribution < 1.29 is 32.3 Å². The van der Waals surface area contributed by atoms with Crippen molar-refractivity contribution in [2.24, 2.45) is 17.6 Å². The lowest BCUT2D eigenvalue weighted by atomic mass is 9.67. The Bertz CT molecular complexity index is 1370. The standard InChI is InChI=1S/C27H24F3N3O4S/c1-25-8-9-26(37-25,10-11-38-18-6-2-15(3-7-18)12-20(32)34)22-21(25)23(35)33(24(22)36)17-5-4-16(14-31)19(13-17)27(28,29)30/h2-7,13,21-22H,8-12H2,1H3,(H2,32,34). The number of hydrogen-bond donors (Lipinski definition) is 1. The maximum atomic E-state index is 13.6. The molecule has 4 atom stereocenters. The number of benzene rings is 2. The molecule has 198 valence electrons. The number of rotatable bonds is 7. The molecule has 2 aromatic rings. The van der Waals surface area contributed by atoms with Gasteiger partial charge in [0.15, 0.2) is 0 Å². The number of carbonyl (C=O) groups is 3. The third-order valence-electron chi connectivity index (χ3n) is 7.79. The largest absolute Gasteiger partial charge is 0.417 e. The van der Waals surface area contributed by atoms with Crippen LogP contribution in [0.1, 0.15) is 42.9 Å². The molecule has 0 aromatic heterocycles. The first kappa shape index (κ1) is 26.3. The molecule has 3 aliphatic rings. The summed E-state index contributed by atoms with van der Waals surface area (Å²) in [6.45, 7) is 1.79. The van der Waals surface area contributed by atoms with Crippen molar-refractivity contribution in [3.05, 3.63) is 59.2 Å². The molecule has 0 radical (unpaired) electrons. The number of fused-ring (bicyclic) bond motifs is 5. The molecular formula is C27H24F3N3O4S. The predicted octanol–water partition coefficient (Wildman–Crippen LogP) is 4.21. The summed E-state index contributed by atoms with van der Waals surface area (Å²) in [5.41, 5.74) is 2.31. The maximum Gasteiger partial charge on any atom is 0.417 e. The molecule has 2 bridgehead atoms. The highest BCUT2D eigenvalue weighted by Crippen LogP contribution is 2.62. The minimum atomic E-state index is -4.81. The second kappa shape index (κ2) is 9.13. The van der Waals surface area contributed by atoms with E-state index in [1.165, 1.54) is 12.1 Å². The second-order valence-corrected chi connectivity index (χ2v) is 11.3. The first-order valence-corrected chi connectivity index (χ1v) is 13.1. The summed E-state index contributed by atoms with van der Waals surface area (Å²) in [5.74, 6) is -2.54. The summed E-state index contributed by atoms with van der Waals surface area (Å²) < 4.78 is 47.1. The zero-order valence-electron chi connectivity index (χ0n) is 20.4. The lowest BCUT2D eigenvalue weighted by Gasteiger charge is -2.31. The molecule has 38 heavy (non-hydrogen) atoms. The third kappa shape index (κ3) is 4.25. The topological polar surface area (TPSA) is 113 Å². The molecule has 7 nitrogen and oxygen atoms in total. The third-order valence-corrected chi connectivity index (χ3v) is 8.81. The van der Waals surface area contributed by atoms with Gasteiger partial charge < -0.3 is 10.5 Å². The zero-order valence-corrected chi connectivity index (χ0v) is 21.2. The van der Waals surface area contributed by atoms with Crippen LogP contribution in [-0.4, -0.2) is 34.7 Å². The lowest BCUT2D eigenvalue weighted by molar-refractivity contribution is -0.138. The van der Waals surface area contributed by atoms with Crippen LogP contribution >= 0.6 is 11.8 Å². The fourth-order valence-electron chi connectivity index (χ4n) is 6.11. The summed E-state index contributed by atoms with van der Waals surface area (Å²) in [6, 6.07) is 11.8. The average Bonchev–Trinajstić information content (AvgIpc) is 3.43. The number of amides is 3. The number of nitrogens with zero attached hydrogens (tertiary/aromatic N) is 2. The fraction of sp³-hybridized carbons (Fsp3) is 0.407. The number of ether oxygens (including phenoxy) is 1. The van der Waals surface area contributed by atoms with E-state index in [0.29, 0.717) is 31.1 Å². The smallest absolute Gasteiger partial charge is 0.369 e. The molecule has 3 heterocycles. The van der Waals surface area contributed by atoms with Gasteiger partial charge in [-0.2, -0.15) is 18.4 Å². The quantitative estimate of drug-likeness (QED) is 0.413. The molecule has 0 saturated carbocycles.